The van der Waals surface area contributed by atoms with Crippen LogP contribution >= 0.6 is 31.9 Å². The highest BCUT2D eigenvalue weighted by Crippen LogP contribution is 2.26. The molecule has 92 valence electrons. The normalized spacial score (nSPS) is 11.1. The van der Waals surface area contributed by atoms with Gasteiger partial charge in [0, 0.05) is 0 Å². The minimum atomic E-state index is 0.588. The van der Waals surface area contributed by atoms with E-state index in [4.69, 9.17) is 8.83 Å². The number of nitrogens with one attached hydrogen (secondary N) is 1. The summed E-state index contributed by atoms with van der Waals surface area (Å²) in [5.41, 5.74) is 0.935. The summed E-state index contributed by atoms with van der Waals surface area (Å²) >= 11 is 6.66. The first-order chi connectivity index (χ1) is 8.06. The molecule has 2 rings (SSSR count). The number of aryl methyl sites for hydroxylation is 2. The largest absolute Gasteiger partial charge is 0.452 e. The summed E-state index contributed by atoms with van der Waals surface area (Å²) in [6.45, 7) is 5.06. The number of hydrogen-bond acceptors (Lipinski definition) is 4. The van der Waals surface area contributed by atoms with Gasteiger partial charge in [0.25, 0.3) is 0 Å². The fourth-order valence-corrected chi connectivity index (χ4v) is 2.04. The van der Waals surface area contributed by atoms with Gasteiger partial charge in [-0.25, -0.2) is 4.98 Å². The molecule has 6 heteroatoms. The third-order valence-corrected chi connectivity index (χ3v) is 4.05. The van der Waals surface area contributed by atoms with E-state index >= 15 is 0 Å². The number of halogens is 2. The van der Waals surface area contributed by atoms with Gasteiger partial charge in [-0.3, -0.25) is 0 Å². The molecule has 0 aliphatic carbocycles. The molecule has 0 aliphatic heterocycles. The van der Waals surface area contributed by atoms with Crippen LogP contribution in [0, 0.1) is 13.8 Å². The van der Waals surface area contributed by atoms with Gasteiger partial charge in [-0.05, 0) is 51.8 Å². The molecular formula is C11H12Br2N2O2. The van der Waals surface area contributed by atoms with Crippen molar-refractivity contribution in [3.8, 4) is 0 Å². The van der Waals surface area contributed by atoms with Crippen LogP contribution in [0.2, 0.25) is 0 Å². The molecule has 0 atom stereocenters. The highest BCUT2D eigenvalue weighted by atomic mass is 79.9. The fraction of sp³-hybridized carbons (Fsp3) is 0.364. The van der Waals surface area contributed by atoms with Gasteiger partial charge >= 0.3 is 0 Å². The van der Waals surface area contributed by atoms with Crippen LogP contribution in [0.25, 0.3) is 0 Å². The maximum atomic E-state index is 5.46. The van der Waals surface area contributed by atoms with Crippen LogP contribution in [-0.4, -0.2) is 4.98 Å². The van der Waals surface area contributed by atoms with Crippen LogP contribution in [0.4, 0.5) is 0 Å². The Morgan fingerprint density at radius 1 is 1.24 bits per heavy atom. The van der Waals surface area contributed by atoms with Crippen molar-refractivity contribution in [1.82, 2.24) is 10.3 Å². The van der Waals surface area contributed by atoms with Crippen LogP contribution in [0.3, 0.4) is 0 Å². The summed E-state index contributed by atoms with van der Waals surface area (Å²) in [7, 11) is 0. The van der Waals surface area contributed by atoms with Crippen molar-refractivity contribution >= 4 is 31.9 Å². The van der Waals surface area contributed by atoms with E-state index in [9.17, 15) is 0 Å². The van der Waals surface area contributed by atoms with Gasteiger partial charge in [0.2, 0.25) is 5.89 Å². The Balaban J connectivity index is 1.87. The molecule has 2 aromatic heterocycles. The average Bonchev–Trinajstić information content (AvgIpc) is 2.73. The van der Waals surface area contributed by atoms with Crippen molar-refractivity contribution in [2.24, 2.45) is 0 Å². The molecule has 2 heterocycles. The van der Waals surface area contributed by atoms with Crippen molar-refractivity contribution in [1.29, 1.82) is 0 Å². The summed E-state index contributed by atoms with van der Waals surface area (Å²) < 4.78 is 12.5. The van der Waals surface area contributed by atoms with Crippen LogP contribution in [0.1, 0.15) is 23.1 Å². The Kier molecular flexibility index (Phi) is 4.06. The van der Waals surface area contributed by atoms with Gasteiger partial charge < -0.3 is 14.2 Å². The molecule has 4 nitrogen and oxygen atoms in total. The zero-order valence-corrected chi connectivity index (χ0v) is 12.7. The molecule has 17 heavy (non-hydrogen) atoms. The number of rotatable bonds is 4. The quantitative estimate of drug-likeness (QED) is 0.899. The standard InChI is InChI=1S/C11H12Br2N2O2/c1-6-7(2)16-10(15-6)5-14-4-8-3-9(12)11(13)17-8/h3,14H,4-5H2,1-2H3. The van der Waals surface area contributed by atoms with E-state index in [-0.39, 0.29) is 0 Å². The van der Waals surface area contributed by atoms with Gasteiger partial charge in [-0.1, -0.05) is 0 Å². The summed E-state index contributed by atoms with van der Waals surface area (Å²) in [5, 5.41) is 3.21. The van der Waals surface area contributed by atoms with E-state index < -0.39 is 0 Å². The minimum absolute atomic E-state index is 0.588. The monoisotopic (exact) mass is 362 g/mol. The zero-order valence-electron chi connectivity index (χ0n) is 9.51. The Morgan fingerprint density at radius 2 is 2.00 bits per heavy atom. The van der Waals surface area contributed by atoms with Gasteiger partial charge in [-0.15, -0.1) is 0 Å². The third-order valence-electron chi connectivity index (χ3n) is 2.34. The van der Waals surface area contributed by atoms with Crippen LogP contribution in [0.5, 0.6) is 0 Å². The van der Waals surface area contributed by atoms with Crippen LogP contribution in [-0.2, 0) is 13.1 Å². The first kappa shape index (κ1) is 12.9. The molecular weight excluding hydrogens is 352 g/mol. The SMILES string of the molecule is Cc1nc(CNCc2cc(Br)c(Br)o2)oc1C. The Morgan fingerprint density at radius 3 is 2.53 bits per heavy atom. The lowest BCUT2D eigenvalue weighted by Crippen LogP contribution is -2.12. The van der Waals surface area contributed by atoms with Gasteiger partial charge in [0.1, 0.15) is 11.5 Å². The van der Waals surface area contributed by atoms with Gasteiger partial charge in [0.05, 0.1) is 23.3 Å². The maximum absolute atomic E-state index is 5.46. The molecule has 0 spiro atoms. The van der Waals surface area contributed by atoms with Gasteiger partial charge in [0.15, 0.2) is 4.67 Å². The predicted octanol–water partition coefficient (Wildman–Crippen LogP) is 3.70. The lowest BCUT2D eigenvalue weighted by molar-refractivity contribution is 0.425. The smallest absolute Gasteiger partial charge is 0.208 e. The van der Waals surface area contributed by atoms with Crippen LogP contribution in [0.15, 0.2) is 24.0 Å². The highest BCUT2D eigenvalue weighted by Gasteiger charge is 2.07. The molecule has 0 saturated carbocycles. The lowest BCUT2D eigenvalue weighted by atomic mass is 10.4. The zero-order chi connectivity index (χ0) is 12.4. The summed E-state index contributed by atoms with van der Waals surface area (Å²) in [4.78, 5) is 4.29. The van der Waals surface area contributed by atoms with Crippen molar-refractivity contribution in [3.63, 3.8) is 0 Å². The Hall–Kier alpha value is -0.590. The molecule has 0 fully saturated rings. The van der Waals surface area contributed by atoms with Crippen molar-refractivity contribution in [2.45, 2.75) is 26.9 Å². The summed E-state index contributed by atoms with van der Waals surface area (Å²) in [6, 6.07) is 1.92. The molecule has 0 bridgehead atoms. The van der Waals surface area contributed by atoms with Crippen molar-refractivity contribution in [3.05, 3.63) is 38.3 Å². The van der Waals surface area contributed by atoms with Crippen molar-refractivity contribution < 1.29 is 8.83 Å². The second-order valence-electron chi connectivity index (χ2n) is 3.69. The van der Waals surface area contributed by atoms with E-state index in [0.717, 1.165) is 21.7 Å². The first-order valence-electron chi connectivity index (χ1n) is 5.13. The molecule has 0 aromatic carbocycles. The molecule has 2 aromatic rings. The number of oxazole rings is 1. The third kappa shape index (κ3) is 3.20. The molecule has 0 amide bonds. The van der Waals surface area contributed by atoms with E-state index in [0.29, 0.717) is 23.6 Å². The molecule has 0 saturated heterocycles. The summed E-state index contributed by atoms with van der Waals surface area (Å²) in [6.07, 6.45) is 0. The number of nitrogens with zero attached hydrogens (tertiary/aromatic N) is 1. The van der Waals surface area contributed by atoms with E-state index in [1.165, 1.54) is 0 Å². The molecule has 0 radical (unpaired) electrons. The highest BCUT2D eigenvalue weighted by molar-refractivity contribution is 9.13. The average molecular weight is 364 g/mol. The Bertz CT molecular complexity index is 434. The first-order valence-corrected chi connectivity index (χ1v) is 6.72. The molecule has 0 unspecified atom stereocenters. The predicted molar refractivity (Wildman–Crippen MR) is 70.6 cm³/mol. The topological polar surface area (TPSA) is 51.2 Å². The summed E-state index contributed by atoms with van der Waals surface area (Å²) in [5.74, 6) is 2.42. The van der Waals surface area contributed by atoms with Crippen LogP contribution < -0.4 is 5.32 Å². The fourth-order valence-electron chi connectivity index (χ4n) is 1.39. The molecule has 1 N–H and O–H groups in total. The number of aromatic nitrogens is 1. The second kappa shape index (κ2) is 5.37. The van der Waals surface area contributed by atoms with Crippen molar-refractivity contribution in [2.75, 3.05) is 0 Å². The van der Waals surface area contributed by atoms with E-state index in [1.807, 2.05) is 19.9 Å². The number of hydrogen-bond donors (Lipinski definition) is 1. The van der Waals surface area contributed by atoms with E-state index in [2.05, 4.69) is 42.2 Å². The second-order valence-corrected chi connectivity index (χ2v) is 5.26. The lowest BCUT2D eigenvalue weighted by Gasteiger charge is -1.98. The molecule has 0 aliphatic rings. The Labute approximate surface area is 116 Å². The minimum Gasteiger partial charge on any atom is -0.452 e. The van der Waals surface area contributed by atoms with Gasteiger partial charge in [-0.2, -0.15) is 0 Å². The number of furan rings is 1. The van der Waals surface area contributed by atoms with E-state index in [1.54, 1.807) is 0 Å². The maximum Gasteiger partial charge on any atom is 0.208 e.